The van der Waals surface area contributed by atoms with Crippen molar-refractivity contribution < 1.29 is 43.8 Å². The lowest BCUT2D eigenvalue weighted by Crippen LogP contribution is -2.26. The highest BCUT2D eigenvalue weighted by molar-refractivity contribution is 6.02. The third kappa shape index (κ3) is 18.5. The molecule has 3 amide bonds. The van der Waals surface area contributed by atoms with Gasteiger partial charge in [-0.05, 0) is 6.92 Å². The van der Waals surface area contributed by atoms with Crippen LogP contribution in [0.4, 0.5) is 0 Å². The number of nitrogens with one attached hydrogen (secondary N) is 1. The maximum atomic E-state index is 10.8. The molecule has 34 heavy (non-hydrogen) atoms. The molecule has 0 aromatic heterocycles. The second-order valence-electron chi connectivity index (χ2n) is 7.90. The van der Waals surface area contributed by atoms with Crippen LogP contribution in [0.2, 0.25) is 0 Å². The normalized spacial score (nSPS) is 15.8. The lowest BCUT2D eigenvalue weighted by molar-refractivity contribution is -0.143. The van der Waals surface area contributed by atoms with E-state index in [1.807, 2.05) is 6.92 Å². The van der Waals surface area contributed by atoms with Crippen molar-refractivity contribution in [1.29, 1.82) is 0 Å². The van der Waals surface area contributed by atoms with Crippen molar-refractivity contribution in [3.05, 3.63) is 0 Å². The summed E-state index contributed by atoms with van der Waals surface area (Å²) in [5.41, 5.74) is 0. The summed E-state index contributed by atoms with van der Waals surface area (Å²) >= 11 is 0. The number of Topliss-reactive ketones (excluding diaryl/α,β-unsaturated/α-hetero) is 2. The van der Waals surface area contributed by atoms with E-state index < -0.39 is 23.8 Å². The Morgan fingerprint density at radius 3 is 1.68 bits per heavy atom. The number of imide groups is 1. The number of ketones is 2. The fourth-order valence-corrected chi connectivity index (χ4v) is 2.11. The van der Waals surface area contributed by atoms with Gasteiger partial charge in [0.2, 0.25) is 17.7 Å². The van der Waals surface area contributed by atoms with E-state index in [9.17, 15) is 33.6 Å². The number of rotatable bonds is 8. The van der Waals surface area contributed by atoms with Gasteiger partial charge in [-0.3, -0.25) is 33.7 Å². The fraction of sp³-hybridized carbons (Fsp3) is 0.696. The van der Waals surface area contributed by atoms with Crippen LogP contribution in [0.3, 0.4) is 0 Å². The highest BCUT2D eigenvalue weighted by Crippen LogP contribution is 2.15. The van der Waals surface area contributed by atoms with Crippen LogP contribution in [-0.2, 0) is 33.6 Å². The quantitative estimate of drug-likeness (QED) is 0.431. The molecule has 11 heteroatoms. The Morgan fingerprint density at radius 1 is 1.00 bits per heavy atom. The summed E-state index contributed by atoms with van der Waals surface area (Å²) in [5, 5.41) is 19.0. The molecule has 1 fully saturated rings. The zero-order valence-electron chi connectivity index (χ0n) is 21.5. The summed E-state index contributed by atoms with van der Waals surface area (Å²) in [7, 11) is 3.01. The molecule has 1 aliphatic heterocycles. The van der Waals surface area contributed by atoms with Gasteiger partial charge in [0.25, 0.3) is 0 Å². The van der Waals surface area contributed by atoms with Crippen molar-refractivity contribution in [3.63, 3.8) is 0 Å². The number of carboxylic acids is 2. The topological polar surface area (TPSA) is 175 Å². The molecular formula is C23H40N2O9. The van der Waals surface area contributed by atoms with Crippen molar-refractivity contribution in [3.8, 4) is 0 Å². The second kappa shape index (κ2) is 19.4. The van der Waals surface area contributed by atoms with Gasteiger partial charge in [0.1, 0.15) is 11.6 Å². The number of amides is 3. The molecule has 0 spiro atoms. The first-order valence-electron chi connectivity index (χ1n) is 11.0. The van der Waals surface area contributed by atoms with E-state index in [-0.39, 0.29) is 48.0 Å². The third-order valence-electron chi connectivity index (χ3n) is 4.63. The largest absolute Gasteiger partial charge is 0.481 e. The molecule has 0 radical (unpaired) electrons. The third-order valence-corrected chi connectivity index (χ3v) is 4.63. The zero-order valence-corrected chi connectivity index (χ0v) is 21.5. The van der Waals surface area contributed by atoms with E-state index in [1.165, 1.54) is 25.9 Å². The number of likely N-dealkylation sites (tertiary alicyclic amines) is 1. The van der Waals surface area contributed by atoms with E-state index >= 15 is 0 Å². The molecule has 1 rings (SSSR count). The van der Waals surface area contributed by atoms with Gasteiger partial charge in [-0.1, -0.05) is 34.6 Å². The fourth-order valence-electron chi connectivity index (χ4n) is 2.11. The molecule has 3 atom stereocenters. The van der Waals surface area contributed by atoms with E-state index in [2.05, 4.69) is 5.32 Å². The molecule has 0 aromatic carbocycles. The van der Waals surface area contributed by atoms with E-state index in [4.69, 9.17) is 10.2 Å². The van der Waals surface area contributed by atoms with Gasteiger partial charge in [-0.15, -0.1) is 0 Å². The smallest absolute Gasteiger partial charge is 0.306 e. The maximum Gasteiger partial charge on any atom is 0.306 e. The Labute approximate surface area is 201 Å². The summed E-state index contributed by atoms with van der Waals surface area (Å²) < 4.78 is 0. The number of hydrogen-bond acceptors (Lipinski definition) is 7. The van der Waals surface area contributed by atoms with Crippen LogP contribution in [-0.4, -0.2) is 70.4 Å². The van der Waals surface area contributed by atoms with Gasteiger partial charge in [0.15, 0.2) is 0 Å². The number of aliphatic carboxylic acids is 2. The minimum absolute atomic E-state index is 0.00917. The van der Waals surface area contributed by atoms with Crippen LogP contribution >= 0.6 is 0 Å². The molecular weight excluding hydrogens is 448 g/mol. The molecule has 0 aromatic rings. The van der Waals surface area contributed by atoms with Gasteiger partial charge >= 0.3 is 11.9 Å². The summed E-state index contributed by atoms with van der Waals surface area (Å²) in [6.45, 7) is 10.0. The van der Waals surface area contributed by atoms with Crippen molar-refractivity contribution in [2.45, 2.75) is 73.6 Å². The average molecular weight is 489 g/mol. The van der Waals surface area contributed by atoms with Crippen molar-refractivity contribution in [2.24, 2.45) is 17.8 Å². The van der Waals surface area contributed by atoms with Gasteiger partial charge in [0, 0.05) is 51.6 Å². The van der Waals surface area contributed by atoms with Crippen LogP contribution in [0.25, 0.3) is 0 Å². The van der Waals surface area contributed by atoms with Gasteiger partial charge in [-0.2, -0.15) is 0 Å². The lowest BCUT2D eigenvalue weighted by atomic mass is 10.0. The van der Waals surface area contributed by atoms with Gasteiger partial charge in [-0.25, -0.2) is 0 Å². The van der Waals surface area contributed by atoms with Crippen LogP contribution < -0.4 is 5.32 Å². The molecule has 196 valence electrons. The number of carbonyl (C=O) groups excluding carboxylic acids is 5. The van der Waals surface area contributed by atoms with E-state index in [0.29, 0.717) is 19.3 Å². The lowest BCUT2D eigenvalue weighted by Gasteiger charge is -2.04. The highest BCUT2D eigenvalue weighted by Gasteiger charge is 2.32. The molecule has 1 heterocycles. The highest BCUT2D eigenvalue weighted by atomic mass is 16.4. The second-order valence-corrected chi connectivity index (χ2v) is 7.90. The average Bonchev–Trinajstić information content (AvgIpc) is 2.98. The van der Waals surface area contributed by atoms with Crippen LogP contribution in [0.15, 0.2) is 0 Å². The molecule has 3 N–H and O–H groups in total. The van der Waals surface area contributed by atoms with Crippen LogP contribution in [0, 0.1) is 17.8 Å². The maximum absolute atomic E-state index is 10.8. The molecule has 1 aliphatic rings. The first-order chi connectivity index (χ1) is 15.5. The van der Waals surface area contributed by atoms with Crippen molar-refractivity contribution in [1.82, 2.24) is 10.2 Å². The summed E-state index contributed by atoms with van der Waals surface area (Å²) in [6, 6.07) is 0. The summed E-state index contributed by atoms with van der Waals surface area (Å²) in [6.07, 6.45) is 1.53. The first kappa shape index (κ1) is 35.5. The van der Waals surface area contributed by atoms with E-state index in [1.54, 1.807) is 27.7 Å². The Hall–Kier alpha value is -3.11. The van der Waals surface area contributed by atoms with E-state index in [0.717, 1.165) is 0 Å². The van der Waals surface area contributed by atoms with Crippen LogP contribution in [0.1, 0.15) is 73.6 Å². The van der Waals surface area contributed by atoms with Gasteiger partial charge < -0.3 is 20.3 Å². The molecule has 1 saturated heterocycles. The van der Waals surface area contributed by atoms with Crippen molar-refractivity contribution >= 4 is 41.2 Å². The SMILES string of the molecule is CC1CC(=O)N(C)C1=O.CCC(=O)CC(C)C(=O)O.CCC(C)=O.CNC(=O)C(C)CC(=O)O. The molecule has 0 aliphatic carbocycles. The Bertz CT molecular complexity index is 719. The molecule has 0 saturated carbocycles. The summed E-state index contributed by atoms with van der Waals surface area (Å²) in [5.74, 6) is -3.01. The minimum atomic E-state index is -0.948. The molecule has 0 bridgehead atoms. The monoisotopic (exact) mass is 488 g/mol. The predicted octanol–water partition coefficient (Wildman–Crippen LogP) is 1.92. The number of carboxylic acid groups (broad SMARTS) is 2. The number of nitrogens with zero attached hydrogens (tertiary/aromatic N) is 1. The number of carbonyl (C=O) groups is 7. The first-order valence-corrected chi connectivity index (χ1v) is 11.0. The summed E-state index contributed by atoms with van der Waals surface area (Å²) in [4.78, 5) is 74.1. The number of hydrogen-bond donors (Lipinski definition) is 3. The Balaban J connectivity index is -0.000000387. The zero-order chi connectivity index (χ0) is 27.6. The van der Waals surface area contributed by atoms with Crippen molar-refractivity contribution in [2.75, 3.05) is 14.1 Å². The minimum Gasteiger partial charge on any atom is -0.481 e. The van der Waals surface area contributed by atoms with Gasteiger partial charge in [0.05, 0.1) is 12.3 Å². The molecule has 3 unspecified atom stereocenters. The van der Waals surface area contributed by atoms with Crippen LogP contribution in [0.5, 0.6) is 0 Å². The molecule has 11 nitrogen and oxygen atoms in total. The standard InChI is InChI=1S/C7H12O3.C6H11NO3.C6H9NO2.C4H8O/c1-3-6(8)4-5(2)7(9)10;1-4(3-5(8)9)6(10)7-2;1-4-3-5(8)7(2)6(4)9;1-3-4(2)5/h5H,3-4H2,1-2H3,(H,9,10);4H,3H2,1-2H3,(H,7,10)(H,8,9);4H,3H2,1-2H3;3H2,1-2H3. The Morgan fingerprint density at radius 2 is 1.47 bits per heavy atom. The Kier molecular flexibility index (Phi) is 20.2. The predicted molar refractivity (Wildman–Crippen MR) is 125 cm³/mol.